The molecule has 0 aliphatic rings. The van der Waals surface area contributed by atoms with Gasteiger partial charge in [0.1, 0.15) is 5.82 Å². The van der Waals surface area contributed by atoms with Gasteiger partial charge in [0.2, 0.25) is 5.96 Å². The number of nitrogens with two attached hydrogens (primary N) is 1. The topological polar surface area (TPSA) is 106 Å². The van der Waals surface area contributed by atoms with Crippen LogP contribution in [0.4, 0.5) is 15.8 Å². The lowest BCUT2D eigenvalue weighted by Crippen LogP contribution is -2.26. The van der Waals surface area contributed by atoms with E-state index in [9.17, 15) is 14.5 Å². The van der Waals surface area contributed by atoms with E-state index in [2.05, 4.69) is 15.5 Å². The van der Waals surface area contributed by atoms with Crippen molar-refractivity contribution in [3.63, 3.8) is 0 Å². The number of nitro benzene ring substituents is 1. The number of nitrogens with one attached hydrogen (secondary N) is 1. The first-order chi connectivity index (χ1) is 10.6. The fourth-order valence-corrected chi connectivity index (χ4v) is 1.58. The molecule has 0 radical (unpaired) electrons. The summed E-state index contributed by atoms with van der Waals surface area (Å²) >= 11 is 0. The van der Waals surface area contributed by atoms with E-state index in [4.69, 9.17) is 5.73 Å². The Bertz CT molecular complexity index is 731. The largest absolute Gasteiger partial charge is 0.368 e. The molecule has 2 rings (SSSR count). The second-order valence-electron chi connectivity index (χ2n) is 4.17. The molecule has 0 bridgehead atoms. The fraction of sp³-hybridized carbons (Fsp3) is 0. The van der Waals surface area contributed by atoms with Gasteiger partial charge in [0, 0.05) is 17.7 Å². The van der Waals surface area contributed by atoms with E-state index in [1.54, 1.807) is 24.3 Å². The molecular weight excluding hydrogens is 289 g/mol. The number of hydrogen-bond donors (Lipinski definition) is 2. The number of hydrogen-bond acceptors (Lipinski definition) is 4. The monoisotopic (exact) mass is 301 g/mol. The van der Waals surface area contributed by atoms with E-state index in [0.29, 0.717) is 5.69 Å². The quantitative estimate of drug-likeness (QED) is 0.391. The Labute approximate surface area is 125 Å². The van der Waals surface area contributed by atoms with Crippen LogP contribution in [0.1, 0.15) is 5.56 Å². The van der Waals surface area contributed by atoms with Crippen molar-refractivity contribution in [3.05, 3.63) is 70.0 Å². The Morgan fingerprint density at radius 2 is 2.00 bits per heavy atom. The summed E-state index contributed by atoms with van der Waals surface area (Å²) < 4.78 is 13.5. The van der Waals surface area contributed by atoms with Crippen molar-refractivity contribution in [1.82, 2.24) is 5.43 Å². The van der Waals surface area contributed by atoms with E-state index >= 15 is 0 Å². The lowest BCUT2D eigenvalue weighted by Gasteiger charge is -2.00. The normalized spacial score (nSPS) is 11.6. The van der Waals surface area contributed by atoms with Gasteiger partial charge in [0.05, 0.1) is 16.8 Å². The molecule has 0 unspecified atom stereocenters. The maximum Gasteiger partial charge on any atom is 0.270 e. The van der Waals surface area contributed by atoms with Gasteiger partial charge >= 0.3 is 0 Å². The molecule has 112 valence electrons. The number of benzene rings is 2. The van der Waals surface area contributed by atoms with Crippen LogP contribution in [0.25, 0.3) is 0 Å². The summed E-state index contributed by atoms with van der Waals surface area (Å²) in [6, 6.07) is 12.1. The van der Waals surface area contributed by atoms with Gasteiger partial charge < -0.3 is 5.73 Å². The average Bonchev–Trinajstić information content (AvgIpc) is 2.50. The molecule has 8 heteroatoms. The number of guanidine groups is 1. The summed E-state index contributed by atoms with van der Waals surface area (Å²) in [6.45, 7) is 0. The molecule has 3 N–H and O–H groups in total. The summed E-state index contributed by atoms with van der Waals surface area (Å²) in [7, 11) is 0. The highest BCUT2D eigenvalue weighted by molar-refractivity contribution is 5.85. The molecule has 0 fully saturated rings. The van der Waals surface area contributed by atoms with Crippen LogP contribution in [-0.2, 0) is 0 Å². The van der Waals surface area contributed by atoms with Crippen LogP contribution in [0.3, 0.4) is 0 Å². The Morgan fingerprint density at radius 3 is 2.68 bits per heavy atom. The number of aliphatic imine (C=N–C) groups is 1. The molecule has 2 aromatic rings. The molecule has 0 aliphatic carbocycles. The van der Waals surface area contributed by atoms with E-state index in [1.165, 1.54) is 0 Å². The van der Waals surface area contributed by atoms with Gasteiger partial charge in [-0.25, -0.2) is 14.8 Å². The number of para-hydroxylation sites is 1. The van der Waals surface area contributed by atoms with Gasteiger partial charge in [-0.1, -0.05) is 18.2 Å². The number of nitrogens with zero attached hydrogens (tertiary/aromatic N) is 3. The summed E-state index contributed by atoms with van der Waals surface area (Å²) in [4.78, 5) is 14.0. The Hall–Kier alpha value is -3.29. The summed E-state index contributed by atoms with van der Waals surface area (Å²) in [6.07, 6.45) is 1.09. The first kappa shape index (κ1) is 15.1. The maximum absolute atomic E-state index is 13.5. The predicted octanol–water partition coefficient (Wildman–Crippen LogP) is 2.30. The second kappa shape index (κ2) is 6.93. The molecule has 7 nitrogen and oxygen atoms in total. The predicted molar refractivity (Wildman–Crippen MR) is 81.5 cm³/mol. The lowest BCUT2D eigenvalue weighted by atomic mass is 10.2. The molecule has 0 aromatic heterocycles. The van der Waals surface area contributed by atoms with E-state index in [-0.39, 0.29) is 17.2 Å². The number of nitro groups is 1. The van der Waals surface area contributed by atoms with Gasteiger partial charge in [0.25, 0.3) is 5.69 Å². The third-order valence-corrected chi connectivity index (χ3v) is 2.58. The van der Waals surface area contributed by atoms with Crippen LogP contribution >= 0.6 is 0 Å². The van der Waals surface area contributed by atoms with Crippen LogP contribution in [0.5, 0.6) is 0 Å². The van der Waals surface area contributed by atoms with Crippen molar-refractivity contribution in [1.29, 1.82) is 0 Å². The Morgan fingerprint density at radius 1 is 1.27 bits per heavy atom. The number of rotatable bonds is 4. The van der Waals surface area contributed by atoms with Crippen molar-refractivity contribution in [2.45, 2.75) is 0 Å². The Balaban J connectivity index is 2.08. The van der Waals surface area contributed by atoms with Gasteiger partial charge in [-0.15, -0.1) is 0 Å². The third kappa shape index (κ3) is 4.10. The Kier molecular flexibility index (Phi) is 4.76. The summed E-state index contributed by atoms with van der Waals surface area (Å²) in [5.41, 5.74) is 8.39. The standard InChI is InChI=1S/C14H12FN5O2/c15-13-7-6-12(20(21)22)8-10(13)9-17-19-14(16)18-11-4-2-1-3-5-11/h1-9H,(H3,16,18,19). The van der Waals surface area contributed by atoms with Crippen molar-refractivity contribution >= 4 is 23.5 Å². The van der Waals surface area contributed by atoms with Gasteiger partial charge in [-0.2, -0.15) is 5.10 Å². The molecule has 0 spiro atoms. The average molecular weight is 301 g/mol. The zero-order chi connectivity index (χ0) is 15.9. The third-order valence-electron chi connectivity index (χ3n) is 2.58. The highest BCUT2D eigenvalue weighted by atomic mass is 19.1. The second-order valence-corrected chi connectivity index (χ2v) is 4.17. The fourth-order valence-electron chi connectivity index (χ4n) is 1.58. The minimum absolute atomic E-state index is 0.00768. The number of non-ortho nitro benzene ring substituents is 1. The maximum atomic E-state index is 13.5. The highest BCUT2D eigenvalue weighted by Gasteiger charge is 2.09. The molecule has 0 saturated heterocycles. The van der Waals surface area contributed by atoms with Crippen LogP contribution in [0.15, 0.2) is 58.6 Å². The smallest absolute Gasteiger partial charge is 0.270 e. The first-order valence-electron chi connectivity index (χ1n) is 6.18. The molecule has 22 heavy (non-hydrogen) atoms. The molecule has 2 aromatic carbocycles. The minimum atomic E-state index is -0.630. The van der Waals surface area contributed by atoms with Crippen LogP contribution in [0.2, 0.25) is 0 Å². The summed E-state index contributed by atoms with van der Waals surface area (Å²) in [5.74, 6) is -0.622. The molecule has 0 atom stereocenters. The van der Waals surface area contributed by atoms with Gasteiger partial charge in [-0.3, -0.25) is 10.1 Å². The zero-order valence-electron chi connectivity index (χ0n) is 11.3. The van der Waals surface area contributed by atoms with Crippen molar-refractivity contribution in [2.24, 2.45) is 15.8 Å². The van der Waals surface area contributed by atoms with Gasteiger partial charge in [-0.05, 0) is 18.2 Å². The van der Waals surface area contributed by atoms with E-state index < -0.39 is 10.7 Å². The molecule has 0 saturated carbocycles. The molecule has 0 aliphatic heterocycles. The highest BCUT2D eigenvalue weighted by Crippen LogP contribution is 2.15. The van der Waals surface area contributed by atoms with Crippen LogP contribution in [0, 0.1) is 15.9 Å². The van der Waals surface area contributed by atoms with E-state index in [1.807, 2.05) is 6.07 Å². The van der Waals surface area contributed by atoms with Crippen molar-refractivity contribution in [3.8, 4) is 0 Å². The first-order valence-corrected chi connectivity index (χ1v) is 6.18. The zero-order valence-corrected chi connectivity index (χ0v) is 11.3. The van der Waals surface area contributed by atoms with Gasteiger partial charge in [0.15, 0.2) is 0 Å². The van der Waals surface area contributed by atoms with Crippen molar-refractivity contribution < 1.29 is 9.31 Å². The molecule has 0 amide bonds. The van der Waals surface area contributed by atoms with E-state index in [0.717, 1.165) is 24.4 Å². The lowest BCUT2D eigenvalue weighted by molar-refractivity contribution is -0.384. The molecular formula is C14H12FN5O2. The van der Waals surface area contributed by atoms with Crippen molar-refractivity contribution in [2.75, 3.05) is 0 Å². The number of hydrazone groups is 1. The van der Waals surface area contributed by atoms with Crippen LogP contribution < -0.4 is 11.2 Å². The number of halogens is 1. The molecule has 0 heterocycles. The summed E-state index contributed by atoms with van der Waals surface area (Å²) in [5, 5.41) is 14.3. The minimum Gasteiger partial charge on any atom is -0.368 e. The van der Waals surface area contributed by atoms with Crippen LogP contribution in [-0.4, -0.2) is 17.1 Å². The SMILES string of the molecule is NC(=Nc1ccccc1)NN=Cc1cc([N+](=O)[O-])ccc1F.